The maximum absolute atomic E-state index is 12.1. The van der Waals surface area contributed by atoms with Gasteiger partial charge in [0.25, 0.3) is 0 Å². The van der Waals surface area contributed by atoms with Crippen LogP contribution in [0.5, 0.6) is 11.5 Å². The Bertz CT molecular complexity index is 617. The smallest absolute Gasteiger partial charge is 0.329 e. The molecule has 0 spiro atoms. The Morgan fingerprint density at radius 3 is 2.48 bits per heavy atom. The summed E-state index contributed by atoms with van der Waals surface area (Å²) in [5.74, 6) is -0.174. The van der Waals surface area contributed by atoms with E-state index in [2.05, 4.69) is 5.32 Å². The molecule has 1 saturated carbocycles. The first-order chi connectivity index (χ1) is 11.0. The van der Waals surface area contributed by atoms with Crippen LogP contribution >= 0.6 is 0 Å². The Hall–Kier alpha value is -2.50. The third kappa shape index (κ3) is 3.83. The molecule has 2 rings (SSSR count). The first-order valence-corrected chi connectivity index (χ1v) is 7.46. The van der Waals surface area contributed by atoms with Crippen LogP contribution < -0.4 is 14.8 Å². The Labute approximate surface area is 135 Å². The van der Waals surface area contributed by atoms with Crippen LogP contribution in [0.3, 0.4) is 0 Å². The number of hydrogen-bond donors (Lipinski definition) is 2. The van der Waals surface area contributed by atoms with E-state index in [0.29, 0.717) is 29.9 Å². The maximum atomic E-state index is 12.1. The van der Waals surface area contributed by atoms with Gasteiger partial charge in [-0.2, -0.15) is 0 Å². The molecule has 0 bridgehead atoms. The molecule has 1 fully saturated rings. The van der Waals surface area contributed by atoms with Crippen LogP contribution in [-0.4, -0.2) is 36.7 Å². The van der Waals surface area contributed by atoms with Crippen molar-refractivity contribution < 1.29 is 24.2 Å². The molecule has 0 saturated heterocycles. The highest BCUT2D eigenvalue weighted by Crippen LogP contribution is 2.30. The molecular weight excluding hydrogens is 298 g/mol. The third-order valence-corrected chi connectivity index (χ3v) is 4.08. The van der Waals surface area contributed by atoms with E-state index in [1.807, 2.05) is 0 Å². The molecular formula is C17H21NO5. The number of benzene rings is 1. The van der Waals surface area contributed by atoms with E-state index in [9.17, 15) is 14.7 Å². The number of nitrogens with one attached hydrogen (secondary N) is 1. The van der Waals surface area contributed by atoms with Crippen LogP contribution in [0.4, 0.5) is 0 Å². The summed E-state index contributed by atoms with van der Waals surface area (Å²) in [6.07, 6.45) is 5.47. The molecule has 1 aromatic rings. The molecule has 0 radical (unpaired) electrons. The summed E-state index contributed by atoms with van der Waals surface area (Å²) in [5.41, 5.74) is -0.426. The predicted molar refractivity (Wildman–Crippen MR) is 85.6 cm³/mol. The van der Waals surface area contributed by atoms with Crippen molar-refractivity contribution in [2.24, 2.45) is 0 Å². The van der Waals surface area contributed by atoms with Gasteiger partial charge in [0.1, 0.15) is 17.0 Å². The van der Waals surface area contributed by atoms with Gasteiger partial charge in [0.15, 0.2) is 0 Å². The lowest BCUT2D eigenvalue weighted by Crippen LogP contribution is -2.52. The Kier molecular flexibility index (Phi) is 5.26. The largest absolute Gasteiger partial charge is 0.497 e. The average molecular weight is 319 g/mol. The van der Waals surface area contributed by atoms with Gasteiger partial charge in [0, 0.05) is 17.7 Å². The Morgan fingerprint density at radius 1 is 1.22 bits per heavy atom. The standard InChI is InChI=1S/C17H21NO5/c1-22-13-7-5-12(14(11-13)23-2)6-8-15(19)18-17(16(20)21)9-3-4-10-17/h5-8,11H,3-4,9-10H2,1-2H3,(H,18,19)(H,20,21). The summed E-state index contributed by atoms with van der Waals surface area (Å²) in [5, 5.41) is 12.0. The number of carbonyl (C=O) groups is 2. The van der Waals surface area contributed by atoms with Crippen LogP contribution in [0.15, 0.2) is 24.3 Å². The van der Waals surface area contributed by atoms with Gasteiger partial charge in [-0.15, -0.1) is 0 Å². The zero-order chi connectivity index (χ0) is 16.9. The monoisotopic (exact) mass is 319 g/mol. The number of carboxylic acid groups (broad SMARTS) is 1. The van der Waals surface area contributed by atoms with Crippen LogP contribution in [0.2, 0.25) is 0 Å². The first-order valence-electron chi connectivity index (χ1n) is 7.46. The second-order valence-corrected chi connectivity index (χ2v) is 5.52. The molecule has 0 unspecified atom stereocenters. The van der Waals surface area contributed by atoms with Crippen LogP contribution in [-0.2, 0) is 9.59 Å². The van der Waals surface area contributed by atoms with Crippen LogP contribution in [0, 0.1) is 0 Å². The fraction of sp³-hybridized carbons (Fsp3) is 0.412. The normalized spacial score (nSPS) is 16.3. The second-order valence-electron chi connectivity index (χ2n) is 5.52. The molecule has 0 atom stereocenters. The fourth-order valence-corrected chi connectivity index (χ4v) is 2.77. The summed E-state index contributed by atoms with van der Waals surface area (Å²) < 4.78 is 10.4. The minimum atomic E-state index is -1.13. The molecule has 0 aromatic heterocycles. The molecule has 124 valence electrons. The van der Waals surface area contributed by atoms with Crippen LogP contribution in [0.1, 0.15) is 31.2 Å². The van der Waals surface area contributed by atoms with Crippen molar-refractivity contribution in [3.8, 4) is 11.5 Å². The number of ether oxygens (including phenoxy) is 2. The number of aliphatic carboxylic acids is 1. The Balaban J connectivity index is 2.10. The number of amides is 1. The minimum absolute atomic E-state index is 0.424. The van der Waals surface area contributed by atoms with Crippen molar-refractivity contribution >= 4 is 18.0 Å². The number of carboxylic acids is 1. The molecule has 0 aliphatic heterocycles. The highest BCUT2D eigenvalue weighted by Gasteiger charge is 2.42. The summed E-state index contributed by atoms with van der Waals surface area (Å²) in [6, 6.07) is 5.24. The van der Waals surface area contributed by atoms with E-state index in [0.717, 1.165) is 12.8 Å². The summed E-state index contributed by atoms with van der Waals surface area (Å²) in [4.78, 5) is 23.5. The van der Waals surface area contributed by atoms with Gasteiger partial charge in [0.05, 0.1) is 14.2 Å². The number of rotatable bonds is 6. The molecule has 1 aliphatic rings. The van der Waals surface area contributed by atoms with Gasteiger partial charge in [-0.1, -0.05) is 12.8 Å². The summed E-state index contributed by atoms with van der Waals surface area (Å²) >= 11 is 0. The first kappa shape index (κ1) is 16.9. The molecule has 0 heterocycles. The van der Waals surface area contributed by atoms with Gasteiger partial charge in [-0.25, -0.2) is 4.79 Å². The number of carbonyl (C=O) groups excluding carboxylic acids is 1. The van der Waals surface area contributed by atoms with Crippen LogP contribution in [0.25, 0.3) is 6.08 Å². The van der Waals surface area contributed by atoms with Crippen molar-refractivity contribution in [1.29, 1.82) is 0 Å². The molecule has 6 nitrogen and oxygen atoms in total. The molecule has 1 amide bonds. The molecule has 2 N–H and O–H groups in total. The minimum Gasteiger partial charge on any atom is -0.497 e. The van der Waals surface area contributed by atoms with E-state index in [4.69, 9.17) is 9.47 Å². The van der Waals surface area contributed by atoms with E-state index < -0.39 is 17.4 Å². The summed E-state index contributed by atoms with van der Waals surface area (Å²) in [7, 11) is 3.09. The molecule has 23 heavy (non-hydrogen) atoms. The zero-order valence-corrected chi connectivity index (χ0v) is 13.3. The number of methoxy groups -OCH3 is 2. The lowest BCUT2D eigenvalue weighted by Gasteiger charge is -2.24. The SMILES string of the molecule is COc1ccc(C=CC(=O)NC2(C(=O)O)CCCC2)c(OC)c1. The highest BCUT2D eigenvalue weighted by atomic mass is 16.5. The lowest BCUT2D eigenvalue weighted by atomic mass is 9.98. The molecule has 1 aliphatic carbocycles. The van der Waals surface area contributed by atoms with Gasteiger partial charge in [-0.05, 0) is 31.1 Å². The van der Waals surface area contributed by atoms with Gasteiger partial charge in [-0.3, -0.25) is 4.79 Å². The van der Waals surface area contributed by atoms with Crippen molar-refractivity contribution in [3.05, 3.63) is 29.8 Å². The Morgan fingerprint density at radius 2 is 1.91 bits per heavy atom. The van der Waals surface area contributed by atoms with Crippen molar-refractivity contribution in [2.75, 3.05) is 14.2 Å². The van der Waals surface area contributed by atoms with Crippen molar-refractivity contribution in [2.45, 2.75) is 31.2 Å². The maximum Gasteiger partial charge on any atom is 0.329 e. The van der Waals surface area contributed by atoms with Gasteiger partial charge in [0.2, 0.25) is 5.91 Å². The topological polar surface area (TPSA) is 84.9 Å². The third-order valence-electron chi connectivity index (χ3n) is 4.08. The fourth-order valence-electron chi connectivity index (χ4n) is 2.77. The second kappa shape index (κ2) is 7.17. The van der Waals surface area contributed by atoms with E-state index in [1.165, 1.54) is 13.2 Å². The zero-order valence-electron chi connectivity index (χ0n) is 13.3. The number of hydrogen-bond acceptors (Lipinski definition) is 4. The average Bonchev–Trinajstić information content (AvgIpc) is 3.02. The van der Waals surface area contributed by atoms with Crippen molar-refractivity contribution in [3.63, 3.8) is 0 Å². The van der Waals surface area contributed by atoms with E-state index in [1.54, 1.807) is 31.4 Å². The highest BCUT2D eigenvalue weighted by molar-refractivity contribution is 5.96. The van der Waals surface area contributed by atoms with E-state index >= 15 is 0 Å². The molecule has 1 aromatic carbocycles. The van der Waals surface area contributed by atoms with Gasteiger partial charge < -0.3 is 19.9 Å². The molecule has 6 heteroatoms. The van der Waals surface area contributed by atoms with Crippen molar-refractivity contribution in [1.82, 2.24) is 5.32 Å². The van der Waals surface area contributed by atoms with Gasteiger partial charge >= 0.3 is 5.97 Å². The van der Waals surface area contributed by atoms with E-state index in [-0.39, 0.29) is 0 Å². The summed E-state index contributed by atoms with van der Waals surface area (Å²) in [6.45, 7) is 0. The predicted octanol–water partition coefficient (Wildman–Crippen LogP) is 2.23. The quantitative estimate of drug-likeness (QED) is 0.785. The lowest BCUT2D eigenvalue weighted by molar-refractivity contribution is -0.146.